The smallest absolute Gasteiger partial charge is 0.242 e. The number of aromatic nitrogens is 2. The SMILES string of the molecule is C=C(NCCCC)NC(=NC(Cc1c[nH]c(N)c1/C=C\C)C(N)=O)/N=C(\C)Nc1ccc2ncccc2c1. The molecule has 0 bridgehead atoms. The van der Waals surface area contributed by atoms with Gasteiger partial charge in [-0.05, 0) is 50.1 Å². The van der Waals surface area contributed by atoms with Crippen molar-refractivity contribution in [2.24, 2.45) is 15.7 Å². The second-order valence-electron chi connectivity index (χ2n) is 8.83. The number of amidine groups is 1. The van der Waals surface area contributed by atoms with Crippen LogP contribution in [-0.4, -0.2) is 40.3 Å². The number of pyridine rings is 1. The molecular weight excluding hydrogens is 478 g/mol. The summed E-state index contributed by atoms with van der Waals surface area (Å²) >= 11 is 0. The van der Waals surface area contributed by atoms with E-state index in [0.717, 1.165) is 47.1 Å². The van der Waals surface area contributed by atoms with Gasteiger partial charge in [-0.15, -0.1) is 0 Å². The molecule has 0 spiro atoms. The van der Waals surface area contributed by atoms with Crippen molar-refractivity contribution in [2.75, 3.05) is 17.6 Å². The summed E-state index contributed by atoms with van der Waals surface area (Å²) in [5.74, 6) is 1.22. The monoisotopic (exact) mass is 515 g/mol. The number of nitrogens with zero attached hydrogens (tertiary/aromatic N) is 3. The first kappa shape index (κ1) is 28.0. The fraction of sp³-hybridized carbons (Fsp3) is 0.286. The molecule has 0 saturated carbocycles. The molecule has 10 heteroatoms. The number of amides is 1. The molecule has 3 rings (SSSR count). The first-order valence-corrected chi connectivity index (χ1v) is 12.6. The summed E-state index contributed by atoms with van der Waals surface area (Å²) in [4.78, 5) is 29.0. The number of aliphatic imine (C=N–C) groups is 2. The predicted octanol–water partition coefficient (Wildman–Crippen LogP) is 3.91. The number of benzene rings is 1. The third-order valence-electron chi connectivity index (χ3n) is 5.72. The number of H-pyrrole nitrogens is 1. The zero-order chi connectivity index (χ0) is 27.5. The number of primary amides is 1. The molecule has 1 amide bonds. The average Bonchev–Trinajstić information content (AvgIpc) is 3.22. The van der Waals surface area contributed by atoms with Gasteiger partial charge in [0.1, 0.15) is 17.7 Å². The number of hydrogen-bond donors (Lipinski definition) is 6. The lowest BCUT2D eigenvalue weighted by molar-refractivity contribution is -0.119. The van der Waals surface area contributed by atoms with E-state index in [9.17, 15) is 4.79 Å². The number of guanidine groups is 1. The zero-order valence-electron chi connectivity index (χ0n) is 22.2. The van der Waals surface area contributed by atoms with Crippen molar-refractivity contribution in [3.8, 4) is 0 Å². The molecule has 2 aromatic heterocycles. The van der Waals surface area contributed by atoms with Crippen LogP contribution < -0.4 is 27.4 Å². The van der Waals surface area contributed by atoms with Gasteiger partial charge in [-0.1, -0.05) is 38.1 Å². The van der Waals surface area contributed by atoms with Gasteiger partial charge in [0.25, 0.3) is 0 Å². The molecule has 0 aliphatic heterocycles. The van der Waals surface area contributed by atoms with Crippen molar-refractivity contribution in [3.05, 3.63) is 72.3 Å². The van der Waals surface area contributed by atoms with Gasteiger partial charge in [0, 0.05) is 42.0 Å². The number of carbonyl (C=O) groups excluding carboxylic acids is 1. The Balaban J connectivity index is 1.89. The number of nitrogens with one attached hydrogen (secondary N) is 4. The highest BCUT2D eigenvalue weighted by molar-refractivity contribution is 6.03. The Hall–Kier alpha value is -4.60. The summed E-state index contributed by atoms with van der Waals surface area (Å²) in [5, 5.41) is 10.6. The largest absolute Gasteiger partial charge is 0.385 e. The van der Waals surface area contributed by atoms with Gasteiger partial charge in [-0.25, -0.2) is 9.98 Å². The molecule has 0 radical (unpaired) electrons. The van der Waals surface area contributed by atoms with Crippen LogP contribution in [-0.2, 0) is 11.2 Å². The summed E-state index contributed by atoms with van der Waals surface area (Å²) in [6, 6.07) is 8.85. The second kappa shape index (κ2) is 13.6. The van der Waals surface area contributed by atoms with E-state index in [1.165, 1.54) is 0 Å². The Morgan fingerprint density at radius 1 is 1.32 bits per heavy atom. The van der Waals surface area contributed by atoms with E-state index >= 15 is 0 Å². The van der Waals surface area contributed by atoms with Crippen LogP contribution in [0.3, 0.4) is 0 Å². The van der Waals surface area contributed by atoms with Crippen LogP contribution in [0.2, 0.25) is 0 Å². The number of fused-ring (bicyclic) bond motifs is 1. The van der Waals surface area contributed by atoms with Gasteiger partial charge in [-0.2, -0.15) is 0 Å². The van der Waals surface area contributed by atoms with Crippen LogP contribution in [0.4, 0.5) is 11.5 Å². The second-order valence-corrected chi connectivity index (χ2v) is 8.83. The Morgan fingerprint density at radius 3 is 2.87 bits per heavy atom. The van der Waals surface area contributed by atoms with Crippen LogP contribution in [0, 0.1) is 0 Å². The number of nitrogens with two attached hydrogens (primary N) is 2. The highest BCUT2D eigenvalue weighted by Crippen LogP contribution is 2.21. The summed E-state index contributed by atoms with van der Waals surface area (Å²) in [6.45, 7) is 10.6. The summed E-state index contributed by atoms with van der Waals surface area (Å²) in [5.41, 5.74) is 15.2. The standard InChI is InChI=1S/C28H37N9O/c1-5-7-13-31-18(3)35-28(36-19(4)34-22-11-12-24-20(15-22)10-8-14-32-24)37-25(27(30)38)16-21-17-33-26(29)23(21)9-6-2/h6,8-12,14-15,17,25,31,33H,3,5,7,13,16,29H2,1-2,4H3,(H2,30,38)(H2,34,35,36,37)/b9-6-. The lowest BCUT2D eigenvalue weighted by Crippen LogP contribution is -2.35. The van der Waals surface area contributed by atoms with E-state index in [1.807, 2.05) is 56.3 Å². The number of allylic oxidation sites excluding steroid dienone is 1. The molecule has 200 valence electrons. The molecule has 8 N–H and O–H groups in total. The molecule has 10 nitrogen and oxygen atoms in total. The molecular formula is C28H37N9O. The number of hydrogen-bond acceptors (Lipinski definition) is 5. The van der Waals surface area contributed by atoms with E-state index < -0.39 is 11.9 Å². The lowest BCUT2D eigenvalue weighted by Gasteiger charge is -2.15. The van der Waals surface area contributed by atoms with Crippen LogP contribution >= 0.6 is 0 Å². The molecule has 0 aliphatic carbocycles. The number of unbranched alkanes of at least 4 members (excludes halogenated alkanes) is 1. The first-order chi connectivity index (χ1) is 18.3. The van der Waals surface area contributed by atoms with Gasteiger partial charge in [-0.3, -0.25) is 9.78 Å². The third kappa shape index (κ3) is 7.95. The highest BCUT2D eigenvalue weighted by atomic mass is 16.1. The minimum Gasteiger partial charge on any atom is -0.385 e. The van der Waals surface area contributed by atoms with Crippen molar-refractivity contribution in [3.63, 3.8) is 0 Å². The Morgan fingerprint density at radius 2 is 2.13 bits per heavy atom. The molecule has 0 aliphatic rings. The van der Waals surface area contributed by atoms with Gasteiger partial charge in [0.2, 0.25) is 11.9 Å². The number of rotatable bonds is 11. The number of anilines is 2. The topological polar surface area (TPSA) is 159 Å². The maximum Gasteiger partial charge on any atom is 0.242 e. The lowest BCUT2D eigenvalue weighted by atomic mass is 10.0. The van der Waals surface area contributed by atoms with Crippen molar-refractivity contribution in [1.29, 1.82) is 0 Å². The van der Waals surface area contributed by atoms with E-state index in [2.05, 4.69) is 49.4 Å². The Bertz CT molecular complexity index is 1350. The maximum absolute atomic E-state index is 12.4. The number of carbonyl (C=O) groups is 1. The van der Waals surface area contributed by atoms with E-state index in [-0.39, 0.29) is 12.4 Å². The van der Waals surface area contributed by atoms with Crippen LogP contribution in [0.25, 0.3) is 17.0 Å². The molecule has 1 atom stereocenters. The normalized spacial score (nSPS) is 13.0. The maximum atomic E-state index is 12.4. The average molecular weight is 516 g/mol. The van der Waals surface area contributed by atoms with E-state index in [4.69, 9.17) is 11.5 Å². The molecule has 0 fully saturated rings. The van der Waals surface area contributed by atoms with Crippen molar-refractivity contribution in [2.45, 2.75) is 46.1 Å². The predicted molar refractivity (Wildman–Crippen MR) is 158 cm³/mol. The van der Waals surface area contributed by atoms with Crippen molar-refractivity contribution < 1.29 is 4.79 Å². The van der Waals surface area contributed by atoms with Crippen LogP contribution in [0.15, 0.2) is 71.2 Å². The Kier molecular flexibility index (Phi) is 10.0. The van der Waals surface area contributed by atoms with E-state index in [0.29, 0.717) is 17.5 Å². The van der Waals surface area contributed by atoms with Gasteiger partial charge < -0.3 is 32.4 Å². The van der Waals surface area contributed by atoms with Crippen molar-refractivity contribution in [1.82, 2.24) is 20.6 Å². The van der Waals surface area contributed by atoms with Crippen molar-refractivity contribution >= 4 is 46.2 Å². The summed E-state index contributed by atoms with van der Waals surface area (Å²) in [7, 11) is 0. The molecule has 3 aromatic rings. The van der Waals surface area contributed by atoms with Gasteiger partial charge in [0.05, 0.1) is 11.3 Å². The molecule has 38 heavy (non-hydrogen) atoms. The fourth-order valence-electron chi connectivity index (χ4n) is 3.82. The minimum absolute atomic E-state index is 0.200. The first-order valence-electron chi connectivity index (χ1n) is 12.6. The number of nitrogen functional groups attached to an aromatic ring is 1. The fourth-order valence-corrected chi connectivity index (χ4v) is 3.82. The van der Waals surface area contributed by atoms with Gasteiger partial charge in [0.15, 0.2) is 0 Å². The molecule has 0 saturated heterocycles. The molecule has 1 aromatic carbocycles. The Labute approximate surface area is 223 Å². The third-order valence-corrected chi connectivity index (χ3v) is 5.72. The molecule has 1 unspecified atom stereocenters. The summed E-state index contributed by atoms with van der Waals surface area (Å²) in [6.07, 6.45) is 9.57. The number of aromatic amines is 1. The molecule has 2 heterocycles. The highest BCUT2D eigenvalue weighted by Gasteiger charge is 2.20. The van der Waals surface area contributed by atoms with Crippen LogP contribution in [0.1, 0.15) is 44.7 Å². The summed E-state index contributed by atoms with van der Waals surface area (Å²) < 4.78 is 0. The van der Waals surface area contributed by atoms with E-state index in [1.54, 1.807) is 12.4 Å². The van der Waals surface area contributed by atoms with Gasteiger partial charge >= 0.3 is 0 Å². The van der Waals surface area contributed by atoms with Crippen LogP contribution in [0.5, 0.6) is 0 Å². The quantitative estimate of drug-likeness (QED) is 0.129. The zero-order valence-corrected chi connectivity index (χ0v) is 22.2. The minimum atomic E-state index is -0.886.